The Morgan fingerprint density at radius 3 is 2.52 bits per heavy atom. The summed E-state index contributed by atoms with van der Waals surface area (Å²) in [5.74, 6) is 1.06. The Bertz CT molecular complexity index is 876. The first-order valence-corrected chi connectivity index (χ1v) is 8.59. The molecule has 1 heterocycles. The minimum atomic E-state index is -0.262. The molecule has 0 radical (unpaired) electrons. The number of rotatable bonds is 8. The number of carbonyl (C=O) groups excluding carboxylic acids is 2. The zero-order chi connectivity index (χ0) is 18.9. The zero-order valence-electron chi connectivity index (χ0n) is 14.7. The average molecular weight is 364 g/mol. The second kappa shape index (κ2) is 9.24. The highest BCUT2D eigenvalue weighted by Crippen LogP contribution is 2.21. The molecule has 0 aliphatic rings. The van der Waals surface area contributed by atoms with Crippen LogP contribution in [0, 0.1) is 0 Å². The van der Waals surface area contributed by atoms with Gasteiger partial charge in [0.2, 0.25) is 5.91 Å². The lowest BCUT2D eigenvalue weighted by Gasteiger charge is -2.09. The molecule has 3 rings (SSSR count). The van der Waals surface area contributed by atoms with Crippen molar-refractivity contribution in [3.05, 3.63) is 84.3 Å². The summed E-state index contributed by atoms with van der Waals surface area (Å²) < 4.78 is 10.6. The number of nitrogens with one attached hydrogen (secondary N) is 2. The fourth-order valence-electron chi connectivity index (χ4n) is 2.42. The van der Waals surface area contributed by atoms with E-state index < -0.39 is 0 Å². The molecule has 0 fully saturated rings. The van der Waals surface area contributed by atoms with E-state index in [4.69, 9.17) is 9.15 Å². The Balaban J connectivity index is 1.42. The summed E-state index contributed by atoms with van der Waals surface area (Å²) in [4.78, 5) is 23.7. The van der Waals surface area contributed by atoms with Crippen LogP contribution in [0.15, 0.2) is 77.6 Å². The number of furan rings is 1. The molecule has 0 unspecified atom stereocenters. The monoisotopic (exact) mass is 364 g/mol. The quantitative estimate of drug-likeness (QED) is 0.641. The standard InChI is InChI=1S/C21H20N2O4/c24-20(9-11-22-21(25)17-10-12-26-15-17)23-14-16-5-4-8-19(13-16)27-18-6-2-1-3-7-18/h1-8,10,12-13,15H,9,11,14H2,(H,22,25)(H,23,24). The Hall–Kier alpha value is -3.54. The van der Waals surface area contributed by atoms with Crippen LogP contribution in [-0.2, 0) is 11.3 Å². The molecule has 0 bridgehead atoms. The number of amides is 2. The highest BCUT2D eigenvalue weighted by Gasteiger charge is 2.08. The van der Waals surface area contributed by atoms with E-state index in [1.165, 1.54) is 12.5 Å². The molecular formula is C21H20N2O4. The van der Waals surface area contributed by atoms with Gasteiger partial charge in [-0.05, 0) is 35.9 Å². The molecule has 0 spiro atoms. The molecule has 27 heavy (non-hydrogen) atoms. The van der Waals surface area contributed by atoms with Crippen molar-refractivity contribution in [2.45, 2.75) is 13.0 Å². The zero-order valence-corrected chi connectivity index (χ0v) is 14.7. The van der Waals surface area contributed by atoms with Gasteiger partial charge in [-0.25, -0.2) is 0 Å². The smallest absolute Gasteiger partial charge is 0.254 e. The van der Waals surface area contributed by atoms with Gasteiger partial charge in [-0.2, -0.15) is 0 Å². The normalized spacial score (nSPS) is 10.2. The second-order valence-corrected chi connectivity index (χ2v) is 5.86. The second-order valence-electron chi connectivity index (χ2n) is 5.86. The molecule has 138 valence electrons. The van der Waals surface area contributed by atoms with E-state index >= 15 is 0 Å². The molecule has 2 amide bonds. The third-order valence-electron chi connectivity index (χ3n) is 3.79. The number of hydrogen-bond acceptors (Lipinski definition) is 4. The van der Waals surface area contributed by atoms with Gasteiger partial charge in [0.05, 0.1) is 11.8 Å². The minimum Gasteiger partial charge on any atom is -0.472 e. The SMILES string of the molecule is O=C(CCNC(=O)c1ccoc1)NCc1cccc(Oc2ccccc2)c1. The van der Waals surface area contributed by atoms with Crippen molar-refractivity contribution in [1.82, 2.24) is 10.6 Å². The highest BCUT2D eigenvalue weighted by atomic mass is 16.5. The van der Waals surface area contributed by atoms with Gasteiger partial charge in [0.25, 0.3) is 5.91 Å². The van der Waals surface area contributed by atoms with Crippen molar-refractivity contribution < 1.29 is 18.7 Å². The van der Waals surface area contributed by atoms with Crippen LogP contribution in [0.3, 0.4) is 0 Å². The van der Waals surface area contributed by atoms with Crippen molar-refractivity contribution in [2.75, 3.05) is 6.54 Å². The predicted molar refractivity (Wildman–Crippen MR) is 100 cm³/mol. The largest absolute Gasteiger partial charge is 0.472 e. The summed E-state index contributed by atoms with van der Waals surface area (Å²) in [6.45, 7) is 0.646. The first kappa shape index (κ1) is 18.3. The van der Waals surface area contributed by atoms with Crippen molar-refractivity contribution in [1.29, 1.82) is 0 Å². The van der Waals surface area contributed by atoms with Gasteiger partial charge in [-0.15, -0.1) is 0 Å². The molecule has 3 aromatic rings. The van der Waals surface area contributed by atoms with Crippen molar-refractivity contribution in [3.63, 3.8) is 0 Å². The van der Waals surface area contributed by atoms with Gasteiger partial charge in [0.15, 0.2) is 0 Å². The summed E-state index contributed by atoms with van der Waals surface area (Å²) in [5.41, 5.74) is 1.37. The summed E-state index contributed by atoms with van der Waals surface area (Å²) in [5, 5.41) is 5.51. The van der Waals surface area contributed by atoms with Crippen LogP contribution in [0.4, 0.5) is 0 Å². The van der Waals surface area contributed by atoms with Gasteiger partial charge in [0, 0.05) is 19.5 Å². The maximum Gasteiger partial charge on any atom is 0.254 e. The molecule has 2 N–H and O–H groups in total. The van der Waals surface area contributed by atoms with E-state index in [1.54, 1.807) is 6.07 Å². The summed E-state index contributed by atoms with van der Waals surface area (Å²) in [6, 6.07) is 18.6. The van der Waals surface area contributed by atoms with Crippen molar-refractivity contribution >= 4 is 11.8 Å². The average Bonchev–Trinajstić information content (AvgIpc) is 3.22. The maximum absolute atomic E-state index is 11.9. The number of carbonyl (C=O) groups is 2. The molecular weight excluding hydrogens is 344 g/mol. The van der Waals surface area contributed by atoms with E-state index in [0.29, 0.717) is 17.9 Å². The number of benzene rings is 2. The van der Waals surface area contributed by atoms with Crippen LogP contribution in [0.5, 0.6) is 11.5 Å². The third kappa shape index (κ3) is 5.74. The molecule has 0 saturated carbocycles. The van der Waals surface area contributed by atoms with E-state index in [0.717, 1.165) is 11.3 Å². The van der Waals surface area contributed by atoms with E-state index in [1.807, 2.05) is 54.6 Å². The highest BCUT2D eigenvalue weighted by molar-refractivity contribution is 5.94. The molecule has 0 aliphatic heterocycles. The summed E-state index contributed by atoms with van der Waals surface area (Å²) in [7, 11) is 0. The summed E-state index contributed by atoms with van der Waals surface area (Å²) in [6.07, 6.45) is 2.99. The van der Waals surface area contributed by atoms with E-state index in [2.05, 4.69) is 10.6 Å². The maximum atomic E-state index is 11.9. The Kier molecular flexibility index (Phi) is 6.25. The van der Waals surface area contributed by atoms with Crippen LogP contribution < -0.4 is 15.4 Å². The predicted octanol–water partition coefficient (Wildman–Crippen LogP) is 3.51. The van der Waals surface area contributed by atoms with Crippen LogP contribution in [-0.4, -0.2) is 18.4 Å². The van der Waals surface area contributed by atoms with E-state index in [9.17, 15) is 9.59 Å². The van der Waals surface area contributed by atoms with Gasteiger partial charge in [0.1, 0.15) is 17.8 Å². The Morgan fingerprint density at radius 2 is 1.74 bits per heavy atom. The van der Waals surface area contributed by atoms with Crippen LogP contribution in [0.1, 0.15) is 22.3 Å². The van der Waals surface area contributed by atoms with Gasteiger partial charge < -0.3 is 19.8 Å². The van der Waals surface area contributed by atoms with Crippen LogP contribution in [0.25, 0.3) is 0 Å². The molecule has 0 aliphatic carbocycles. The Morgan fingerprint density at radius 1 is 0.926 bits per heavy atom. The van der Waals surface area contributed by atoms with E-state index in [-0.39, 0.29) is 24.8 Å². The van der Waals surface area contributed by atoms with Crippen molar-refractivity contribution in [3.8, 4) is 11.5 Å². The molecule has 6 nitrogen and oxygen atoms in total. The molecule has 1 aromatic heterocycles. The molecule has 2 aromatic carbocycles. The first-order chi connectivity index (χ1) is 13.2. The third-order valence-corrected chi connectivity index (χ3v) is 3.79. The first-order valence-electron chi connectivity index (χ1n) is 8.59. The summed E-state index contributed by atoms with van der Waals surface area (Å²) >= 11 is 0. The molecule has 0 atom stereocenters. The van der Waals surface area contributed by atoms with Gasteiger partial charge in [-0.3, -0.25) is 9.59 Å². The number of ether oxygens (including phenoxy) is 1. The van der Waals surface area contributed by atoms with Crippen LogP contribution in [0.2, 0.25) is 0 Å². The lowest BCUT2D eigenvalue weighted by atomic mass is 10.2. The van der Waals surface area contributed by atoms with Gasteiger partial charge >= 0.3 is 0 Å². The fraction of sp³-hybridized carbons (Fsp3) is 0.143. The number of para-hydroxylation sites is 1. The fourth-order valence-corrected chi connectivity index (χ4v) is 2.42. The molecule has 6 heteroatoms. The topological polar surface area (TPSA) is 80.6 Å². The lowest BCUT2D eigenvalue weighted by molar-refractivity contribution is -0.121. The lowest BCUT2D eigenvalue weighted by Crippen LogP contribution is -2.30. The van der Waals surface area contributed by atoms with Crippen LogP contribution >= 0.6 is 0 Å². The molecule has 0 saturated heterocycles. The van der Waals surface area contributed by atoms with Crippen molar-refractivity contribution in [2.24, 2.45) is 0 Å². The minimum absolute atomic E-state index is 0.142. The number of hydrogen-bond donors (Lipinski definition) is 2. The van der Waals surface area contributed by atoms with Gasteiger partial charge in [-0.1, -0.05) is 30.3 Å². The Labute approximate surface area is 157 Å².